The molecule has 0 bridgehead atoms. The van der Waals surface area contributed by atoms with E-state index >= 15 is 0 Å². The Balaban J connectivity index is 2.12. The van der Waals surface area contributed by atoms with Gasteiger partial charge in [0.2, 0.25) is 0 Å². The second-order valence-corrected chi connectivity index (χ2v) is 5.64. The molecule has 0 fully saturated rings. The van der Waals surface area contributed by atoms with Crippen molar-refractivity contribution < 1.29 is 4.39 Å². The lowest BCUT2D eigenvalue weighted by Gasteiger charge is -2.19. The highest BCUT2D eigenvalue weighted by molar-refractivity contribution is 6.30. The standard InChI is InChI=1S/C16H15Cl2F/c1-11(16(18)12-5-3-2-4-6-12)9-13-10-14(17)7-8-15(13)19/h2-8,10-11,16H,9H2,1H3. The second kappa shape index (κ2) is 6.40. The molecule has 0 spiro atoms. The van der Waals surface area contributed by atoms with Gasteiger partial charge in [-0.3, -0.25) is 0 Å². The van der Waals surface area contributed by atoms with Crippen molar-refractivity contribution in [3.63, 3.8) is 0 Å². The van der Waals surface area contributed by atoms with Gasteiger partial charge in [0, 0.05) is 5.02 Å². The lowest BCUT2D eigenvalue weighted by molar-refractivity contribution is 0.530. The summed E-state index contributed by atoms with van der Waals surface area (Å²) in [5.74, 6) is -0.106. The number of hydrogen-bond acceptors (Lipinski definition) is 0. The summed E-state index contributed by atoms with van der Waals surface area (Å²) in [5.41, 5.74) is 1.67. The van der Waals surface area contributed by atoms with E-state index in [9.17, 15) is 4.39 Å². The van der Waals surface area contributed by atoms with Crippen molar-refractivity contribution >= 4 is 23.2 Å². The summed E-state index contributed by atoms with van der Waals surface area (Å²) in [7, 11) is 0. The van der Waals surface area contributed by atoms with Crippen LogP contribution in [-0.4, -0.2) is 0 Å². The molecule has 0 N–H and O–H groups in total. The first-order chi connectivity index (χ1) is 9.08. The third kappa shape index (κ3) is 3.71. The zero-order valence-corrected chi connectivity index (χ0v) is 12.1. The van der Waals surface area contributed by atoms with Gasteiger partial charge in [-0.05, 0) is 41.7 Å². The molecular formula is C16H15Cl2F. The molecule has 0 aliphatic heterocycles. The van der Waals surface area contributed by atoms with Crippen LogP contribution in [-0.2, 0) is 6.42 Å². The van der Waals surface area contributed by atoms with Gasteiger partial charge in [0.25, 0.3) is 0 Å². The molecule has 2 aromatic carbocycles. The first-order valence-corrected chi connectivity index (χ1v) is 7.02. The fourth-order valence-corrected chi connectivity index (χ4v) is 2.54. The van der Waals surface area contributed by atoms with Crippen LogP contribution in [0.5, 0.6) is 0 Å². The van der Waals surface area contributed by atoms with Crippen LogP contribution in [0.25, 0.3) is 0 Å². The van der Waals surface area contributed by atoms with E-state index in [0.29, 0.717) is 17.0 Å². The van der Waals surface area contributed by atoms with Crippen LogP contribution in [0.2, 0.25) is 5.02 Å². The Kier molecular flexibility index (Phi) is 4.84. The molecule has 0 saturated carbocycles. The molecule has 0 aromatic heterocycles. The predicted molar refractivity (Wildman–Crippen MR) is 79.3 cm³/mol. The highest BCUT2D eigenvalue weighted by atomic mass is 35.5. The summed E-state index contributed by atoms with van der Waals surface area (Å²) in [6.45, 7) is 2.02. The van der Waals surface area contributed by atoms with Crippen LogP contribution in [0.15, 0.2) is 48.5 Å². The molecule has 100 valence electrons. The average Bonchev–Trinajstić information content (AvgIpc) is 2.43. The molecule has 2 atom stereocenters. The highest BCUT2D eigenvalue weighted by Crippen LogP contribution is 2.32. The third-order valence-electron chi connectivity index (χ3n) is 3.17. The normalized spacial score (nSPS) is 14.1. The van der Waals surface area contributed by atoms with Gasteiger partial charge in [0.1, 0.15) is 5.82 Å². The van der Waals surface area contributed by atoms with E-state index in [1.807, 2.05) is 37.3 Å². The smallest absolute Gasteiger partial charge is 0.126 e. The van der Waals surface area contributed by atoms with E-state index in [1.165, 1.54) is 6.07 Å². The SMILES string of the molecule is CC(Cc1cc(Cl)ccc1F)C(Cl)c1ccccc1. The molecular weight excluding hydrogens is 282 g/mol. The van der Waals surface area contributed by atoms with E-state index < -0.39 is 0 Å². The van der Waals surface area contributed by atoms with Gasteiger partial charge in [0.15, 0.2) is 0 Å². The summed E-state index contributed by atoms with van der Waals surface area (Å²) in [6.07, 6.45) is 0.565. The fourth-order valence-electron chi connectivity index (χ4n) is 2.12. The molecule has 0 aliphatic rings. The molecule has 0 amide bonds. The maximum Gasteiger partial charge on any atom is 0.126 e. The lowest BCUT2D eigenvalue weighted by Crippen LogP contribution is -2.08. The van der Waals surface area contributed by atoms with Crippen LogP contribution >= 0.6 is 23.2 Å². The average molecular weight is 297 g/mol. The van der Waals surface area contributed by atoms with Gasteiger partial charge >= 0.3 is 0 Å². The van der Waals surface area contributed by atoms with Crippen molar-refractivity contribution in [2.45, 2.75) is 18.7 Å². The molecule has 19 heavy (non-hydrogen) atoms. The van der Waals surface area contributed by atoms with E-state index in [0.717, 1.165) is 5.56 Å². The van der Waals surface area contributed by atoms with Crippen LogP contribution < -0.4 is 0 Å². The zero-order valence-electron chi connectivity index (χ0n) is 10.6. The van der Waals surface area contributed by atoms with Crippen LogP contribution in [0.1, 0.15) is 23.4 Å². The Morgan fingerprint density at radius 2 is 1.79 bits per heavy atom. The van der Waals surface area contributed by atoms with Crippen molar-refractivity contribution in [1.29, 1.82) is 0 Å². The van der Waals surface area contributed by atoms with Crippen molar-refractivity contribution in [3.05, 3.63) is 70.5 Å². The summed E-state index contributed by atoms with van der Waals surface area (Å²) in [5, 5.41) is 0.411. The van der Waals surface area contributed by atoms with E-state index in [1.54, 1.807) is 12.1 Å². The number of alkyl halides is 1. The number of halogens is 3. The summed E-state index contributed by atoms with van der Waals surface area (Å²) in [6, 6.07) is 14.5. The van der Waals surface area contributed by atoms with Crippen LogP contribution in [0.3, 0.4) is 0 Å². The Labute approximate surface area is 123 Å². The fraction of sp³-hybridized carbons (Fsp3) is 0.250. The number of rotatable bonds is 4. The summed E-state index contributed by atoms with van der Waals surface area (Å²) < 4.78 is 13.7. The molecule has 2 aromatic rings. The monoisotopic (exact) mass is 296 g/mol. The predicted octanol–water partition coefficient (Wildman–Crippen LogP) is 5.64. The molecule has 0 heterocycles. The number of hydrogen-bond donors (Lipinski definition) is 0. The van der Waals surface area contributed by atoms with Gasteiger partial charge in [-0.15, -0.1) is 11.6 Å². The van der Waals surface area contributed by atoms with Gasteiger partial charge in [-0.25, -0.2) is 4.39 Å². The topological polar surface area (TPSA) is 0 Å². The molecule has 0 saturated heterocycles. The molecule has 0 nitrogen and oxygen atoms in total. The van der Waals surface area contributed by atoms with Crippen molar-refractivity contribution in [1.82, 2.24) is 0 Å². The van der Waals surface area contributed by atoms with E-state index in [4.69, 9.17) is 23.2 Å². The van der Waals surface area contributed by atoms with Gasteiger partial charge in [-0.2, -0.15) is 0 Å². The molecule has 0 radical (unpaired) electrons. The third-order valence-corrected chi connectivity index (χ3v) is 4.08. The van der Waals surface area contributed by atoms with E-state index in [-0.39, 0.29) is 17.1 Å². The maximum absolute atomic E-state index is 13.7. The quantitative estimate of drug-likeness (QED) is 0.641. The molecule has 3 heteroatoms. The summed E-state index contributed by atoms with van der Waals surface area (Å²) >= 11 is 12.3. The van der Waals surface area contributed by atoms with Gasteiger partial charge in [-0.1, -0.05) is 48.9 Å². The molecule has 0 aliphatic carbocycles. The maximum atomic E-state index is 13.7. The van der Waals surface area contributed by atoms with Crippen molar-refractivity contribution in [2.75, 3.05) is 0 Å². The molecule has 2 rings (SSSR count). The van der Waals surface area contributed by atoms with E-state index in [2.05, 4.69) is 0 Å². The minimum Gasteiger partial charge on any atom is -0.207 e. The minimum absolute atomic E-state index is 0.122. The van der Waals surface area contributed by atoms with Crippen LogP contribution in [0, 0.1) is 11.7 Å². The Morgan fingerprint density at radius 1 is 1.11 bits per heavy atom. The van der Waals surface area contributed by atoms with Gasteiger partial charge < -0.3 is 0 Å². The largest absolute Gasteiger partial charge is 0.207 e. The van der Waals surface area contributed by atoms with Crippen molar-refractivity contribution in [2.24, 2.45) is 5.92 Å². The Hall–Kier alpha value is -1.05. The minimum atomic E-state index is -0.229. The molecule has 2 unspecified atom stereocenters. The van der Waals surface area contributed by atoms with Crippen LogP contribution in [0.4, 0.5) is 4.39 Å². The number of benzene rings is 2. The Morgan fingerprint density at radius 3 is 2.47 bits per heavy atom. The first-order valence-electron chi connectivity index (χ1n) is 6.21. The summed E-state index contributed by atoms with van der Waals surface area (Å²) in [4.78, 5) is 0. The van der Waals surface area contributed by atoms with Gasteiger partial charge in [0.05, 0.1) is 5.38 Å². The highest BCUT2D eigenvalue weighted by Gasteiger charge is 2.18. The Bertz CT molecular complexity index is 540. The second-order valence-electron chi connectivity index (χ2n) is 4.73. The first kappa shape index (κ1) is 14.4. The zero-order chi connectivity index (χ0) is 13.8. The van der Waals surface area contributed by atoms with Crippen molar-refractivity contribution in [3.8, 4) is 0 Å². The lowest BCUT2D eigenvalue weighted by atomic mass is 9.93.